The van der Waals surface area contributed by atoms with Crippen molar-refractivity contribution in [2.24, 2.45) is 0 Å². The second kappa shape index (κ2) is 8.26. The van der Waals surface area contributed by atoms with Crippen LogP contribution in [0.1, 0.15) is 37.0 Å². The Kier molecular flexibility index (Phi) is 5.58. The zero-order valence-corrected chi connectivity index (χ0v) is 16.5. The third-order valence-corrected chi connectivity index (χ3v) is 6.83. The lowest BCUT2D eigenvalue weighted by Crippen LogP contribution is -2.32. The molecule has 0 bridgehead atoms. The van der Waals surface area contributed by atoms with Crippen LogP contribution >= 0.6 is 23.1 Å². The number of carbonyl (C=O) groups excluding carboxylic acids is 1. The molecule has 0 spiro atoms. The Morgan fingerprint density at radius 3 is 2.96 bits per heavy atom. The van der Waals surface area contributed by atoms with Gasteiger partial charge in [0.15, 0.2) is 5.65 Å². The van der Waals surface area contributed by atoms with E-state index in [2.05, 4.69) is 15.4 Å². The molecule has 0 saturated heterocycles. The summed E-state index contributed by atoms with van der Waals surface area (Å²) in [5.74, 6) is -0.233. The van der Waals surface area contributed by atoms with Gasteiger partial charge in [0.25, 0.3) is 0 Å². The number of hydrogen-bond donors (Lipinski definition) is 1. The zero-order chi connectivity index (χ0) is 18.6. The van der Waals surface area contributed by atoms with Crippen LogP contribution in [0.25, 0.3) is 5.65 Å². The third-order valence-electron chi connectivity index (χ3n) is 4.63. The molecule has 4 rings (SSSR count). The fourth-order valence-electron chi connectivity index (χ4n) is 3.24. The maximum absolute atomic E-state index is 12.6. The molecule has 7 nitrogen and oxygen atoms in total. The summed E-state index contributed by atoms with van der Waals surface area (Å²) in [6.45, 7) is 0.363. The van der Waals surface area contributed by atoms with Crippen LogP contribution in [0.2, 0.25) is 0 Å². The molecular formula is C18H21N5O2S2. The van der Waals surface area contributed by atoms with E-state index in [0.29, 0.717) is 17.4 Å². The molecule has 9 heteroatoms. The normalized spacial score (nSPS) is 15.3. The highest BCUT2D eigenvalue weighted by Gasteiger charge is 2.19. The monoisotopic (exact) mass is 403 g/mol. The van der Waals surface area contributed by atoms with Crippen molar-refractivity contribution in [2.75, 3.05) is 0 Å². The Balaban J connectivity index is 1.49. The number of hydrogen-bond acceptors (Lipinski definition) is 6. The summed E-state index contributed by atoms with van der Waals surface area (Å²) >= 11 is 3.28. The van der Waals surface area contributed by atoms with Gasteiger partial charge < -0.3 is 5.32 Å². The molecule has 1 N–H and O–H groups in total. The van der Waals surface area contributed by atoms with Crippen LogP contribution < -0.4 is 11.0 Å². The number of aromatic nitrogens is 4. The molecule has 1 saturated carbocycles. The fraction of sp³-hybridized carbons (Fsp3) is 0.444. The van der Waals surface area contributed by atoms with Gasteiger partial charge >= 0.3 is 5.69 Å². The van der Waals surface area contributed by atoms with E-state index in [-0.39, 0.29) is 18.1 Å². The van der Waals surface area contributed by atoms with Gasteiger partial charge in [-0.05, 0) is 24.3 Å². The Labute approximate surface area is 164 Å². The largest absolute Gasteiger partial charge is 0.350 e. The molecule has 0 radical (unpaired) electrons. The molecule has 1 aliphatic rings. The molecule has 3 aromatic rings. The van der Waals surface area contributed by atoms with E-state index in [9.17, 15) is 9.59 Å². The van der Waals surface area contributed by atoms with Gasteiger partial charge in [-0.25, -0.2) is 18.9 Å². The maximum atomic E-state index is 12.6. The van der Waals surface area contributed by atoms with Crippen molar-refractivity contribution in [1.82, 2.24) is 24.5 Å². The number of amides is 1. The quantitative estimate of drug-likeness (QED) is 0.684. The highest BCUT2D eigenvalue weighted by Crippen LogP contribution is 2.33. The number of nitrogens with zero attached hydrogens (tertiary/aromatic N) is 4. The van der Waals surface area contributed by atoms with E-state index in [1.165, 1.54) is 41.2 Å². The van der Waals surface area contributed by atoms with E-state index in [1.807, 2.05) is 17.5 Å². The standard InChI is InChI=1S/C18H21N5O2S2/c24-15(20-11-14-7-4-10-26-14)12-23-18(25)22-9-8-19-17(16(22)21-23)27-13-5-2-1-3-6-13/h4,7-10,13H,1-3,5-6,11-12H2,(H,20,24). The summed E-state index contributed by atoms with van der Waals surface area (Å²) in [6.07, 6.45) is 9.35. The Morgan fingerprint density at radius 1 is 1.33 bits per heavy atom. The van der Waals surface area contributed by atoms with Crippen molar-refractivity contribution < 1.29 is 4.79 Å². The van der Waals surface area contributed by atoms with Crippen LogP contribution in [0, 0.1) is 0 Å². The first-order valence-corrected chi connectivity index (χ1v) is 10.9. The lowest BCUT2D eigenvalue weighted by Gasteiger charge is -2.20. The van der Waals surface area contributed by atoms with E-state index in [1.54, 1.807) is 35.5 Å². The first kappa shape index (κ1) is 18.2. The topological polar surface area (TPSA) is 81.3 Å². The minimum atomic E-state index is -0.316. The molecule has 0 atom stereocenters. The van der Waals surface area contributed by atoms with Crippen LogP contribution in [-0.4, -0.2) is 30.3 Å². The first-order valence-electron chi connectivity index (χ1n) is 9.10. The minimum absolute atomic E-state index is 0.0978. The van der Waals surface area contributed by atoms with E-state index in [4.69, 9.17) is 0 Å². The summed E-state index contributed by atoms with van der Waals surface area (Å²) < 4.78 is 2.69. The highest BCUT2D eigenvalue weighted by atomic mass is 32.2. The van der Waals surface area contributed by atoms with E-state index < -0.39 is 0 Å². The van der Waals surface area contributed by atoms with Crippen molar-refractivity contribution in [3.63, 3.8) is 0 Å². The molecule has 1 fully saturated rings. The Bertz CT molecular complexity index is 973. The van der Waals surface area contributed by atoms with Gasteiger partial charge in [0.05, 0.1) is 6.54 Å². The van der Waals surface area contributed by atoms with Gasteiger partial charge in [0.1, 0.15) is 11.6 Å². The zero-order valence-electron chi connectivity index (χ0n) is 14.8. The molecule has 0 aliphatic heterocycles. The molecule has 3 heterocycles. The van der Waals surface area contributed by atoms with Gasteiger partial charge in [-0.2, -0.15) is 0 Å². The highest BCUT2D eigenvalue weighted by molar-refractivity contribution is 8.00. The minimum Gasteiger partial charge on any atom is -0.350 e. The summed E-state index contributed by atoms with van der Waals surface area (Å²) in [6, 6.07) is 3.90. The van der Waals surface area contributed by atoms with Crippen LogP contribution in [0.4, 0.5) is 0 Å². The molecule has 27 heavy (non-hydrogen) atoms. The lowest BCUT2D eigenvalue weighted by molar-refractivity contribution is -0.122. The average molecular weight is 404 g/mol. The lowest BCUT2D eigenvalue weighted by atomic mass is 10.0. The van der Waals surface area contributed by atoms with Crippen LogP contribution in [0.15, 0.2) is 39.7 Å². The average Bonchev–Trinajstić information content (AvgIpc) is 3.31. The van der Waals surface area contributed by atoms with Crippen LogP contribution in [0.3, 0.4) is 0 Å². The van der Waals surface area contributed by atoms with Gasteiger partial charge in [-0.15, -0.1) is 16.4 Å². The smallest absolute Gasteiger partial charge is 0.350 e. The number of fused-ring (bicyclic) bond motifs is 1. The Hall–Kier alpha value is -2.13. The predicted molar refractivity (Wildman–Crippen MR) is 106 cm³/mol. The summed E-state index contributed by atoms with van der Waals surface area (Å²) in [5, 5.41) is 10.5. The number of nitrogens with one attached hydrogen (secondary N) is 1. The second-order valence-corrected chi connectivity index (χ2v) is 8.92. The number of thioether (sulfide) groups is 1. The van der Waals surface area contributed by atoms with Gasteiger partial charge in [-0.3, -0.25) is 4.79 Å². The fourth-order valence-corrected chi connectivity index (χ4v) is 5.14. The van der Waals surface area contributed by atoms with Crippen molar-refractivity contribution in [3.05, 3.63) is 45.3 Å². The molecule has 1 aliphatic carbocycles. The van der Waals surface area contributed by atoms with Crippen molar-refractivity contribution in [3.8, 4) is 0 Å². The number of carbonyl (C=O) groups is 1. The summed E-state index contributed by atoms with van der Waals surface area (Å²) in [5.41, 5.74) is 0.216. The molecule has 0 unspecified atom stereocenters. The van der Waals surface area contributed by atoms with Crippen molar-refractivity contribution in [1.29, 1.82) is 0 Å². The molecule has 0 aromatic carbocycles. The first-order chi connectivity index (χ1) is 13.2. The Morgan fingerprint density at radius 2 is 2.19 bits per heavy atom. The predicted octanol–water partition coefficient (Wildman–Crippen LogP) is 2.69. The molecule has 142 valence electrons. The number of rotatable bonds is 6. The third kappa shape index (κ3) is 4.24. The van der Waals surface area contributed by atoms with Gasteiger partial charge in [0.2, 0.25) is 5.91 Å². The van der Waals surface area contributed by atoms with Gasteiger partial charge in [-0.1, -0.05) is 37.1 Å². The van der Waals surface area contributed by atoms with Crippen molar-refractivity contribution in [2.45, 2.75) is 55.5 Å². The SMILES string of the molecule is O=C(Cn1nc2c(SC3CCCCC3)nccn2c1=O)NCc1cccs1. The number of thiophene rings is 1. The summed E-state index contributed by atoms with van der Waals surface area (Å²) in [7, 11) is 0. The van der Waals surface area contributed by atoms with Crippen LogP contribution in [0.5, 0.6) is 0 Å². The van der Waals surface area contributed by atoms with E-state index >= 15 is 0 Å². The molecule has 3 aromatic heterocycles. The molecule has 1 amide bonds. The van der Waals surface area contributed by atoms with Gasteiger partial charge in [0, 0.05) is 22.5 Å². The summed E-state index contributed by atoms with van der Waals surface area (Å²) in [4.78, 5) is 30.3. The van der Waals surface area contributed by atoms with Crippen molar-refractivity contribution >= 4 is 34.7 Å². The van der Waals surface area contributed by atoms with Crippen LogP contribution in [-0.2, 0) is 17.9 Å². The molecular weight excluding hydrogens is 382 g/mol. The maximum Gasteiger partial charge on any atom is 0.350 e. The second-order valence-electron chi connectivity index (χ2n) is 6.60. The van der Waals surface area contributed by atoms with E-state index in [0.717, 1.165) is 9.90 Å².